The van der Waals surface area contributed by atoms with Gasteiger partial charge in [0.15, 0.2) is 0 Å². The minimum absolute atomic E-state index is 0.0669. The van der Waals surface area contributed by atoms with Gasteiger partial charge in [-0.25, -0.2) is 0 Å². The van der Waals surface area contributed by atoms with Crippen molar-refractivity contribution in [3.8, 4) is 11.1 Å². The first kappa shape index (κ1) is 19.6. The summed E-state index contributed by atoms with van der Waals surface area (Å²) in [5.74, 6) is -0.193. The Kier molecular flexibility index (Phi) is 5.50. The molecule has 0 aliphatic carbocycles. The van der Waals surface area contributed by atoms with Crippen LogP contribution in [0.25, 0.3) is 21.9 Å². The number of benzene rings is 3. The summed E-state index contributed by atoms with van der Waals surface area (Å²) in [7, 11) is 0. The van der Waals surface area contributed by atoms with Crippen LogP contribution in [-0.4, -0.2) is 18.4 Å². The third-order valence-corrected chi connectivity index (χ3v) is 4.60. The van der Waals surface area contributed by atoms with Crippen molar-refractivity contribution in [2.45, 2.75) is 27.7 Å². The summed E-state index contributed by atoms with van der Waals surface area (Å²) in [5, 5.41) is 8.07. The molecule has 2 amide bonds. The smallest absolute Gasteiger partial charge is 0.251 e. The first-order chi connectivity index (χ1) is 13.3. The van der Waals surface area contributed by atoms with Gasteiger partial charge in [-0.1, -0.05) is 57.2 Å². The zero-order valence-corrected chi connectivity index (χ0v) is 16.8. The Balaban J connectivity index is 2.09. The molecule has 3 rings (SSSR count). The maximum absolute atomic E-state index is 12.6. The predicted octanol–water partition coefficient (Wildman–Crippen LogP) is 5.24. The highest BCUT2D eigenvalue weighted by atomic mass is 16.2. The molecule has 0 saturated heterocycles. The molecule has 0 radical (unpaired) electrons. The van der Waals surface area contributed by atoms with E-state index in [1.807, 2.05) is 58.0 Å². The van der Waals surface area contributed by atoms with Crippen molar-refractivity contribution in [1.82, 2.24) is 5.32 Å². The second-order valence-corrected chi connectivity index (χ2v) is 7.89. The highest BCUT2D eigenvalue weighted by Gasteiger charge is 2.22. The molecule has 0 fully saturated rings. The molecule has 28 heavy (non-hydrogen) atoms. The Labute approximate surface area is 166 Å². The average molecular weight is 374 g/mol. The molecule has 144 valence electrons. The molecule has 0 atom stereocenters. The Morgan fingerprint density at radius 3 is 2.29 bits per heavy atom. The molecule has 0 aliphatic rings. The molecule has 0 aliphatic heterocycles. The number of carbonyl (C=O) groups excluding carboxylic acids is 2. The van der Waals surface area contributed by atoms with Crippen molar-refractivity contribution >= 4 is 28.3 Å². The van der Waals surface area contributed by atoms with Crippen LogP contribution in [-0.2, 0) is 4.79 Å². The van der Waals surface area contributed by atoms with Crippen LogP contribution in [0.5, 0.6) is 0 Å². The summed E-state index contributed by atoms with van der Waals surface area (Å²) in [4.78, 5) is 25.0. The van der Waals surface area contributed by atoms with E-state index in [0.717, 1.165) is 21.9 Å². The number of hydrogen-bond acceptors (Lipinski definition) is 2. The van der Waals surface area contributed by atoms with Crippen molar-refractivity contribution in [1.29, 1.82) is 0 Å². The molecule has 0 spiro atoms. The summed E-state index contributed by atoms with van der Waals surface area (Å²) in [5.41, 5.74) is 2.50. The monoisotopic (exact) mass is 374 g/mol. The second kappa shape index (κ2) is 7.85. The summed E-state index contributed by atoms with van der Waals surface area (Å²) in [6.07, 6.45) is 0. The van der Waals surface area contributed by atoms with E-state index >= 15 is 0 Å². The zero-order valence-electron chi connectivity index (χ0n) is 16.8. The van der Waals surface area contributed by atoms with Crippen molar-refractivity contribution in [2.24, 2.45) is 5.41 Å². The molecule has 0 saturated carbocycles. The third kappa shape index (κ3) is 4.22. The molecular formula is C24H26N2O2. The Morgan fingerprint density at radius 2 is 1.61 bits per heavy atom. The Morgan fingerprint density at radius 1 is 0.893 bits per heavy atom. The Hall–Kier alpha value is -3.14. The van der Waals surface area contributed by atoms with E-state index in [9.17, 15) is 9.59 Å². The number of nitrogens with one attached hydrogen (secondary N) is 2. The SMILES string of the molecule is CCNC(=O)c1ccc(NC(=O)C(C)(C)C)cc1-c1ccc2ccccc2c1. The van der Waals surface area contributed by atoms with Gasteiger partial charge in [-0.15, -0.1) is 0 Å². The lowest BCUT2D eigenvalue weighted by Gasteiger charge is -2.19. The van der Waals surface area contributed by atoms with Crippen LogP contribution < -0.4 is 10.6 Å². The van der Waals surface area contributed by atoms with Gasteiger partial charge >= 0.3 is 0 Å². The second-order valence-electron chi connectivity index (χ2n) is 7.89. The molecule has 4 nitrogen and oxygen atoms in total. The summed E-state index contributed by atoms with van der Waals surface area (Å²) >= 11 is 0. The van der Waals surface area contributed by atoms with E-state index in [2.05, 4.69) is 28.8 Å². The van der Waals surface area contributed by atoms with Crippen LogP contribution in [0, 0.1) is 5.41 Å². The van der Waals surface area contributed by atoms with Gasteiger partial charge in [0.2, 0.25) is 5.91 Å². The minimum Gasteiger partial charge on any atom is -0.352 e. The molecule has 0 bridgehead atoms. The number of carbonyl (C=O) groups is 2. The van der Waals surface area contributed by atoms with Crippen LogP contribution in [0.15, 0.2) is 60.7 Å². The van der Waals surface area contributed by atoms with Gasteiger partial charge in [-0.2, -0.15) is 0 Å². The van der Waals surface area contributed by atoms with E-state index in [1.54, 1.807) is 12.1 Å². The van der Waals surface area contributed by atoms with Crippen LogP contribution in [0.4, 0.5) is 5.69 Å². The number of fused-ring (bicyclic) bond motifs is 1. The Bertz CT molecular complexity index is 1030. The first-order valence-electron chi connectivity index (χ1n) is 9.52. The molecule has 2 N–H and O–H groups in total. The largest absolute Gasteiger partial charge is 0.352 e. The highest BCUT2D eigenvalue weighted by molar-refractivity contribution is 6.03. The maximum Gasteiger partial charge on any atom is 0.251 e. The number of rotatable bonds is 4. The van der Waals surface area contributed by atoms with Crippen LogP contribution in [0.2, 0.25) is 0 Å². The van der Waals surface area contributed by atoms with Crippen molar-refractivity contribution in [2.75, 3.05) is 11.9 Å². The minimum atomic E-state index is -0.499. The lowest BCUT2D eigenvalue weighted by Crippen LogP contribution is -2.28. The van der Waals surface area contributed by atoms with E-state index < -0.39 is 5.41 Å². The molecule has 3 aromatic carbocycles. The first-order valence-corrected chi connectivity index (χ1v) is 9.52. The summed E-state index contributed by atoms with van der Waals surface area (Å²) < 4.78 is 0. The number of anilines is 1. The summed E-state index contributed by atoms with van der Waals surface area (Å²) in [6, 6.07) is 19.7. The van der Waals surface area contributed by atoms with Gasteiger partial charge in [0.1, 0.15) is 0 Å². The van der Waals surface area contributed by atoms with Crippen molar-refractivity contribution in [3.63, 3.8) is 0 Å². The van der Waals surface area contributed by atoms with Crippen molar-refractivity contribution in [3.05, 3.63) is 66.2 Å². The van der Waals surface area contributed by atoms with E-state index in [1.165, 1.54) is 0 Å². The fourth-order valence-corrected chi connectivity index (χ4v) is 2.99. The van der Waals surface area contributed by atoms with Gasteiger partial charge in [0, 0.05) is 23.2 Å². The maximum atomic E-state index is 12.6. The van der Waals surface area contributed by atoms with E-state index in [4.69, 9.17) is 0 Å². The van der Waals surface area contributed by atoms with Crippen LogP contribution in [0.1, 0.15) is 38.1 Å². The zero-order chi connectivity index (χ0) is 20.3. The molecule has 0 aromatic heterocycles. The predicted molar refractivity (Wildman–Crippen MR) is 115 cm³/mol. The number of amides is 2. The van der Waals surface area contributed by atoms with Crippen LogP contribution in [0.3, 0.4) is 0 Å². The van der Waals surface area contributed by atoms with Crippen molar-refractivity contribution < 1.29 is 9.59 Å². The van der Waals surface area contributed by atoms with Gasteiger partial charge < -0.3 is 10.6 Å². The average Bonchev–Trinajstić information content (AvgIpc) is 2.67. The van der Waals surface area contributed by atoms with Gasteiger partial charge in [-0.3, -0.25) is 9.59 Å². The number of hydrogen-bond donors (Lipinski definition) is 2. The molecule has 3 aromatic rings. The van der Waals surface area contributed by atoms with Gasteiger partial charge in [0.05, 0.1) is 0 Å². The topological polar surface area (TPSA) is 58.2 Å². The standard InChI is InChI=1S/C24H26N2O2/c1-5-25-22(27)20-13-12-19(26-23(28)24(2,3)4)15-21(20)18-11-10-16-8-6-7-9-17(16)14-18/h6-15H,5H2,1-4H3,(H,25,27)(H,26,28). The van der Waals surface area contributed by atoms with Gasteiger partial charge in [0.25, 0.3) is 5.91 Å². The highest BCUT2D eigenvalue weighted by Crippen LogP contribution is 2.30. The fourth-order valence-electron chi connectivity index (χ4n) is 2.99. The lowest BCUT2D eigenvalue weighted by molar-refractivity contribution is -0.123. The molecule has 0 unspecified atom stereocenters. The summed E-state index contributed by atoms with van der Waals surface area (Å²) in [6.45, 7) is 8.06. The third-order valence-electron chi connectivity index (χ3n) is 4.60. The van der Waals surface area contributed by atoms with E-state index in [0.29, 0.717) is 17.8 Å². The quantitative estimate of drug-likeness (QED) is 0.656. The normalized spacial score (nSPS) is 11.3. The fraction of sp³-hybridized carbons (Fsp3) is 0.250. The van der Waals surface area contributed by atoms with E-state index in [-0.39, 0.29) is 11.8 Å². The lowest BCUT2D eigenvalue weighted by atomic mass is 9.94. The molecule has 0 heterocycles. The molecular weight excluding hydrogens is 348 g/mol. The van der Waals surface area contributed by atoms with Gasteiger partial charge in [-0.05, 0) is 53.1 Å². The molecule has 4 heteroatoms. The van der Waals surface area contributed by atoms with Crippen LogP contribution >= 0.6 is 0 Å².